The number of hydrogen-bond donors (Lipinski definition) is 2. The Morgan fingerprint density at radius 1 is 1.00 bits per heavy atom. The second kappa shape index (κ2) is 10.4. The average molecular weight is 467 g/mol. The third-order valence-corrected chi connectivity index (χ3v) is 6.10. The second-order valence-electron chi connectivity index (χ2n) is 8.73. The smallest absolute Gasteiger partial charge is 0.237 e. The summed E-state index contributed by atoms with van der Waals surface area (Å²) in [5, 5.41) is 14.1. The summed E-state index contributed by atoms with van der Waals surface area (Å²) in [6, 6.07) is 25.0. The third kappa shape index (κ3) is 4.91. The van der Waals surface area contributed by atoms with E-state index in [9.17, 15) is 9.90 Å². The van der Waals surface area contributed by atoms with Gasteiger partial charge < -0.3 is 20.1 Å². The first-order valence-corrected chi connectivity index (χ1v) is 11.0. The van der Waals surface area contributed by atoms with Crippen molar-refractivity contribution in [3.63, 3.8) is 0 Å². The number of carbonyl (C=O) groups excluding carboxylic acids is 1. The number of anilines is 1. The van der Waals surface area contributed by atoms with Crippen molar-refractivity contribution in [2.24, 2.45) is 0 Å². The molecule has 3 aromatic carbocycles. The first-order chi connectivity index (χ1) is 15.4. The molecule has 0 saturated carbocycles. The van der Waals surface area contributed by atoms with Crippen molar-refractivity contribution in [3.05, 3.63) is 95.6 Å². The molecule has 1 amide bonds. The van der Waals surface area contributed by atoms with Crippen molar-refractivity contribution in [3.8, 4) is 5.75 Å². The first-order valence-electron chi connectivity index (χ1n) is 11.0. The third-order valence-electron chi connectivity index (χ3n) is 6.10. The Morgan fingerprint density at radius 3 is 2.27 bits per heavy atom. The zero-order valence-electron chi connectivity index (χ0n) is 19.2. The van der Waals surface area contributed by atoms with Crippen LogP contribution < -0.4 is 15.0 Å². The Labute approximate surface area is 201 Å². The summed E-state index contributed by atoms with van der Waals surface area (Å²) >= 11 is 0. The predicted octanol–water partition coefficient (Wildman–Crippen LogP) is 4.63. The van der Waals surface area contributed by atoms with Crippen LogP contribution in [-0.4, -0.2) is 30.7 Å². The first kappa shape index (κ1) is 24.8. The Kier molecular flexibility index (Phi) is 7.80. The average Bonchev–Trinajstić information content (AvgIpc) is 3.00. The van der Waals surface area contributed by atoms with E-state index in [0.717, 1.165) is 28.1 Å². The van der Waals surface area contributed by atoms with Gasteiger partial charge in [-0.3, -0.25) is 4.79 Å². The van der Waals surface area contributed by atoms with Crippen molar-refractivity contribution in [2.75, 3.05) is 18.5 Å². The highest BCUT2D eigenvalue weighted by Gasteiger charge is 2.48. The molecule has 0 aromatic heterocycles. The monoisotopic (exact) mass is 466 g/mol. The Hall–Kier alpha value is -2.86. The van der Waals surface area contributed by atoms with E-state index < -0.39 is 17.6 Å². The number of fused-ring (bicyclic) bond motifs is 1. The lowest BCUT2D eigenvalue weighted by molar-refractivity contribution is -0.123. The number of hydrogen-bond acceptors (Lipinski definition) is 4. The van der Waals surface area contributed by atoms with Crippen LogP contribution in [-0.2, 0) is 16.8 Å². The van der Waals surface area contributed by atoms with Crippen molar-refractivity contribution in [1.82, 2.24) is 5.32 Å². The zero-order valence-corrected chi connectivity index (χ0v) is 20.0. The molecule has 2 N–H and O–H groups in total. The van der Waals surface area contributed by atoms with Crippen molar-refractivity contribution >= 4 is 24.0 Å². The van der Waals surface area contributed by atoms with Gasteiger partial charge in [0.15, 0.2) is 0 Å². The molecule has 6 heteroatoms. The maximum atomic E-state index is 13.7. The maximum absolute atomic E-state index is 13.7. The topological polar surface area (TPSA) is 61.8 Å². The van der Waals surface area contributed by atoms with Crippen LogP contribution >= 0.6 is 12.4 Å². The van der Waals surface area contributed by atoms with E-state index >= 15 is 0 Å². The minimum absolute atomic E-state index is 0. The molecule has 3 aromatic rings. The van der Waals surface area contributed by atoms with E-state index in [0.29, 0.717) is 13.2 Å². The number of nitrogens with one attached hydrogen (secondary N) is 1. The van der Waals surface area contributed by atoms with Gasteiger partial charge in [0.1, 0.15) is 12.4 Å². The lowest BCUT2D eigenvalue weighted by Gasteiger charge is -2.33. The van der Waals surface area contributed by atoms with Crippen LogP contribution in [0.15, 0.2) is 78.9 Å². The van der Waals surface area contributed by atoms with Gasteiger partial charge in [0.05, 0.1) is 17.6 Å². The molecule has 0 unspecified atom stereocenters. The van der Waals surface area contributed by atoms with Gasteiger partial charge in [-0.2, -0.15) is 0 Å². The number of ether oxygens (including phenoxy) is 1. The molecule has 33 heavy (non-hydrogen) atoms. The van der Waals surface area contributed by atoms with Gasteiger partial charge in [0.2, 0.25) is 5.91 Å². The van der Waals surface area contributed by atoms with E-state index in [-0.39, 0.29) is 18.3 Å². The zero-order chi connectivity index (χ0) is 22.7. The van der Waals surface area contributed by atoms with Crippen molar-refractivity contribution < 1.29 is 14.6 Å². The quantitative estimate of drug-likeness (QED) is 0.508. The van der Waals surface area contributed by atoms with E-state index in [1.54, 1.807) is 11.9 Å². The number of halogens is 1. The highest BCUT2D eigenvalue weighted by atomic mass is 35.5. The molecule has 0 radical (unpaired) electrons. The number of carbonyl (C=O) groups is 1. The second-order valence-corrected chi connectivity index (χ2v) is 8.73. The fourth-order valence-corrected chi connectivity index (χ4v) is 4.37. The number of rotatable bonds is 8. The van der Waals surface area contributed by atoms with E-state index in [1.165, 1.54) is 0 Å². The number of aliphatic hydroxyl groups is 1. The summed E-state index contributed by atoms with van der Waals surface area (Å²) in [4.78, 5) is 15.4. The Bertz CT molecular complexity index is 1070. The number of amides is 1. The minimum atomic E-state index is -0.762. The van der Waals surface area contributed by atoms with Gasteiger partial charge in [0.25, 0.3) is 0 Å². The van der Waals surface area contributed by atoms with Crippen LogP contribution in [0.1, 0.15) is 36.6 Å². The molecule has 0 spiro atoms. The summed E-state index contributed by atoms with van der Waals surface area (Å²) in [7, 11) is 1.80. The van der Waals surface area contributed by atoms with Crippen LogP contribution in [0.5, 0.6) is 5.75 Å². The predicted molar refractivity (Wildman–Crippen MR) is 134 cm³/mol. The van der Waals surface area contributed by atoms with Gasteiger partial charge in [0, 0.05) is 12.2 Å². The lowest BCUT2D eigenvalue weighted by atomic mass is 9.86. The molecule has 174 valence electrons. The highest BCUT2D eigenvalue weighted by Crippen LogP contribution is 2.47. The van der Waals surface area contributed by atoms with E-state index in [1.807, 2.05) is 92.7 Å². The van der Waals surface area contributed by atoms with E-state index in [4.69, 9.17) is 4.74 Å². The molecular formula is C27H31ClN2O3. The molecule has 5 nitrogen and oxygen atoms in total. The summed E-state index contributed by atoms with van der Waals surface area (Å²) in [6.45, 7) is 4.70. The van der Waals surface area contributed by atoms with Crippen molar-refractivity contribution in [2.45, 2.75) is 38.0 Å². The van der Waals surface area contributed by atoms with Crippen LogP contribution in [0.3, 0.4) is 0 Å². The number of likely N-dealkylation sites (N-methyl/N-ethyl adjacent to an activating group) is 1. The standard InChI is InChI=1S/C27H30N2O3.ClH/c1-27(2)22-16-21(32-18-19-10-6-4-7-11-19)14-15-23(22)29(26(27)31)25(24(30)17-28-3)20-12-8-5-9-13-20;/h4-16,24-25,28,30H,17-18H2,1-3H3;1H/t24-,25+;/m1./s1. The lowest BCUT2D eigenvalue weighted by Crippen LogP contribution is -2.45. The van der Waals surface area contributed by atoms with Gasteiger partial charge >= 0.3 is 0 Å². The largest absolute Gasteiger partial charge is 0.489 e. The molecular weight excluding hydrogens is 436 g/mol. The molecule has 2 atom stereocenters. The molecule has 0 fully saturated rings. The number of aliphatic hydroxyl groups excluding tert-OH is 1. The molecule has 0 saturated heterocycles. The molecule has 1 aliphatic heterocycles. The van der Waals surface area contributed by atoms with Crippen LogP contribution in [0.2, 0.25) is 0 Å². The van der Waals surface area contributed by atoms with Crippen molar-refractivity contribution in [1.29, 1.82) is 0 Å². The number of benzene rings is 3. The van der Waals surface area contributed by atoms with Crippen LogP contribution in [0, 0.1) is 0 Å². The van der Waals surface area contributed by atoms with Gasteiger partial charge in [-0.25, -0.2) is 0 Å². The summed E-state index contributed by atoms with van der Waals surface area (Å²) in [5.41, 5.74) is 2.98. The SMILES string of the molecule is CNC[C@@H](O)[C@H](c1ccccc1)N1C(=O)C(C)(C)c2cc(OCc3ccccc3)ccc21.Cl. The molecule has 1 aliphatic rings. The Balaban J connectivity index is 0.00000306. The fraction of sp³-hybridized carbons (Fsp3) is 0.296. The normalized spacial score (nSPS) is 16.0. The molecule has 1 heterocycles. The molecule has 0 aliphatic carbocycles. The summed E-state index contributed by atoms with van der Waals surface area (Å²) in [5.74, 6) is 0.694. The van der Waals surface area contributed by atoms with Gasteiger partial charge in [-0.15, -0.1) is 12.4 Å². The molecule has 0 bridgehead atoms. The number of nitrogens with zero attached hydrogens (tertiary/aromatic N) is 1. The van der Waals surface area contributed by atoms with Crippen LogP contribution in [0.25, 0.3) is 0 Å². The fourth-order valence-electron chi connectivity index (χ4n) is 4.37. The molecule has 4 rings (SSSR count). The summed E-state index contributed by atoms with van der Waals surface area (Å²) < 4.78 is 6.02. The maximum Gasteiger partial charge on any atom is 0.237 e. The Morgan fingerprint density at radius 2 is 1.64 bits per heavy atom. The van der Waals surface area contributed by atoms with Crippen LogP contribution in [0.4, 0.5) is 5.69 Å². The highest BCUT2D eigenvalue weighted by molar-refractivity contribution is 6.08. The van der Waals surface area contributed by atoms with E-state index in [2.05, 4.69) is 5.32 Å². The van der Waals surface area contributed by atoms with Gasteiger partial charge in [-0.1, -0.05) is 60.7 Å². The minimum Gasteiger partial charge on any atom is -0.489 e. The summed E-state index contributed by atoms with van der Waals surface area (Å²) in [6.07, 6.45) is -0.762. The van der Waals surface area contributed by atoms with Gasteiger partial charge in [-0.05, 0) is 55.8 Å².